The van der Waals surface area contributed by atoms with Crippen molar-refractivity contribution in [2.45, 2.75) is 19.9 Å². The fraction of sp³-hybridized carbons (Fsp3) is 0.417. The number of aromatic nitrogens is 1. The molecule has 1 atom stereocenters. The standard InChI is InChI=1S/C12H16N2O2/c1-8(2)10(7-15)14-12-9-4-6-16-11(9)3-5-13-12/h3-6,8,10,15H,7H2,1-2H3,(H,13,14). The second-order valence-corrected chi connectivity index (χ2v) is 4.17. The second kappa shape index (κ2) is 4.53. The minimum absolute atomic E-state index is 0.00741. The Kier molecular flexibility index (Phi) is 3.10. The molecule has 2 heterocycles. The first-order valence-electron chi connectivity index (χ1n) is 5.42. The van der Waals surface area contributed by atoms with Crippen molar-refractivity contribution < 1.29 is 9.52 Å². The number of nitrogens with one attached hydrogen (secondary N) is 1. The lowest BCUT2D eigenvalue weighted by Gasteiger charge is -2.20. The number of anilines is 1. The Morgan fingerprint density at radius 1 is 1.44 bits per heavy atom. The molecule has 2 rings (SSSR count). The van der Waals surface area contributed by atoms with Crippen LogP contribution >= 0.6 is 0 Å². The predicted octanol–water partition coefficient (Wildman–Crippen LogP) is 2.26. The zero-order chi connectivity index (χ0) is 11.5. The van der Waals surface area contributed by atoms with Gasteiger partial charge in [-0.3, -0.25) is 0 Å². The molecule has 0 fully saturated rings. The lowest BCUT2D eigenvalue weighted by molar-refractivity contribution is 0.249. The van der Waals surface area contributed by atoms with Crippen LogP contribution in [-0.2, 0) is 0 Å². The molecule has 0 aliphatic heterocycles. The summed E-state index contributed by atoms with van der Waals surface area (Å²) in [6.45, 7) is 4.21. The molecule has 0 amide bonds. The summed E-state index contributed by atoms with van der Waals surface area (Å²) in [5.41, 5.74) is 0.804. The van der Waals surface area contributed by atoms with Gasteiger partial charge in [-0.15, -0.1) is 0 Å². The molecule has 2 aromatic heterocycles. The van der Waals surface area contributed by atoms with Crippen molar-refractivity contribution in [3.63, 3.8) is 0 Å². The summed E-state index contributed by atoms with van der Waals surface area (Å²) in [6.07, 6.45) is 3.34. The topological polar surface area (TPSA) is 58.3 Å². The summed E-state index contributed by atoms with van der Waals surface area (Å²) in [7, 11) is 0. The van der Waals surface area contributed by atoms with E-state index in [1.54, 1.807) is 12.5 Å². The van der Waals surface area contributed by atoms with Crippen LogP contribution in [0, 0.1) is 5.92 Å². The van der Waals surface area contributed by atoms with Crippen LogP contribution in [0.1, 0.15) is 13.8 Å². The van der Waals surface area contributed by atoms with Crippen molar-refractivity contribution in [1.82, 2.24) is 4.98 Å². The fourth-order valence-corrected chi connectivity index (χ4v) is 1.61. The van der Waals surface area contributed by atoms with Gasteiger partial charge in [0.2, 0.25) is 0 Å². The van der Waals surface area contributed by atoms with Crippen molar-refractivity contribution in [1.29, 1.82) is 0 Å². The molecule has 2 N–H and O–H groups in total. The summed E-state index contributed by atoms with van der Waals surface area (Å²) in [6, 6.07) is 3.71. The van der Waals surface area contributed by atoms with Crippen LogP contribution in [0.5, 0.6) is 0 Å². The zero-order valence-electron chi connectivity index (χ0n) is 9.47. The van der Waals surface area contributed by atoms with Gasteiger partial charge in [-0.2, -0.15) is 0 Å². The molecule has 0 radical (unpaired) electrons. The summed E-state index contributed by atoms with van der Waals surface area (Å²) >= 11 is 0. The first-order chi connectivity index (χ1) is 7.72. The fourth-order valence-electron chi connectivity index (χ4n) is 1.61. The largest absolute Gasteiger partial charge is 0.464 e. The van der Waals surface area contributed by atoms with Crippen molar-refractivity contribution in [3.8, 4) is 0 Å². The Hall–Kier alpha value is -1.55. The highest BCUT2D eigenvalue weighted by atomic mass is 16.3. The highest BCUT2D eigenvalue weighted by Crippen LogP contribution is 2.23. The van der Waals surface area contributed by atoms with E-state index in [1.165, 1.54) is 0 Å². The van der Waals surface area contributed by atoms with E-state index in [2.05, 4.69) is 24.1 Å². The third kappa shape index (κ3) is 2.02. The monoisotopic (exact) mass is 220 g/mol. The van der Waals surface area contributed by atoms with E-state index in [1.807, 2.05) is 12.1 Å². The molecule has 1 unspecified atom stereocenters. The van der Waals surface area contributed by atoms with Crippen LogP contribution < -0.4 is 5.32 Å². The minimum Gasteiger partial charge on any atom is -0.464 e. The van der Waals surface area contributed by atoms with Gasteiger partial charge < -0.3 is 14.8 Å². The number of pyridine rings is 1. The molecule has 0 saturated carbocycles. The average molecular weight is 220 g/mol. The van der Waals surface area contributed by atoms with Crippen LogP contribution in [0.4, 0.5) is 5.82 Å². The van der Waals surface area contributed by atoms with Gasteiger partial charge in [0.15, 0.2) is 0 Å². The second-order valence-electron chi connectivity index (χ2n) is 4.17. The highest BCUT2D eigenvalue weighted by molar-refractivity contribution is 5.87. The van der Waals surface area contributed by atoms with Gasteiger partial charge in [-0.05, 0) is 18.1 Å². The first-order valence-corrected chi connectivity index (χ1v) is 5.42. The maximum Gasteiger partial charge on any atom is 0.139 e. The molecule has 0 bridgehead atoms. The Morgan fingerprint density at radius 3 is 2.94 bits per heavy atom. The highest BCUT2D eigenvalue weighted by Gasteiger charge is 2.14. The van der Waals surface area contributed by atoms with Crippen molar-refractivity contribution in [2.75, 3.05) is 11.9 Å². The third-order valence-electron chi connectivity index (χ3n) is 2.70. The predicted molar refractivity (Wildman–Crippen MR) is 63.3 cm³/mol. The number of hydrogen-bond acceptors (Lipinski definition) is 4. The number of aliphatic hydroxyl groups excluding tert-OH is 1. The summed E-state index contributed by atoms with van der Waals surface area (Å²) < 4.78 is 5.29. The van der Waals surface area contributed by atoms with Gasteiger partial charge in [0, 0.05) is 6.20 Å². The van der Waals surface area contributed by atoms with Crippen LogP contribution in [0.3, 0.4) is 0 Å². The van der Waals surface area contributed by atoms with Crippen LogP contribution in [0.2, 0.25) is 0 Å². The van der Waals surface area contributed by atoms with Gasteiger partial charge in [0.25, 0.3) is 0 Å². The number of hydrogen-bond donors (Lipinski definition) is 2. The molecule has 86 valence electrons. The van der Waals surface area contributed by atoms with E-state index in [0.29, 0.717) is 5.92 Å². The molecule has 2 aromatic rings. The Morgan fingerprint density at radius 2 is 2.25 bits per heavy atom. The summed E-state index contributed by atoms with van der Waals surface area (Å²) in [5, 5.41) is 13.4. The summed E-state index contributed by atoms with van der Waals surface area (Å²) in [5.74, 6) is 1.10. The molecule has 0 aromatic carbocycles. The number of fused-ring (bicyclic) bond motifs is 1. The number of rotatable bonds is 4. The molecule has 16 heavy (non-hydrogen) atoms. The molecular formula is C12H16N2O2. The van der Waals surface area contributed by atoms with Crippen LogP contribution in [-0.4, -0.2) is 22.7 Å². The maximum atomic E-state index is 9.27. The molecule has 4 nitrogen and oxygen atoms in total. The van der Waals surface area contributed by atoms with E-state index in [9.17, 15) is 5.11 Å². The van der Waals surface area contributed by atoms with Crippen molar-refractivity contribution >= 4 is 16.8 Å². The number of nitrogens with zero attached hydrogens (tertiary/aromatic N) is 1. The lowest BCUT2D eigenvalue weighted by atomic mass is 10.1. The summed E-state index contributed by atoms with van der Waals surface area (Å²) in [4.78, 5) is 4.27. The van der Waals surface area contributed by atoms with E-state index >= 15 is 0 Å². The normalized spacial score (nSPS) is 13.2. The van der Waals surface area contributed by atoms with E-state index in [4.69, 9.17) is 4.42 Å². The van der Waals surface area contributed by atoms with Crippen molar-refractivity contribution in [2.24, 2.45) is 5.92 Å². The lowest BCUT2D eigenvalue weighted by Crippen LogP contribution is -2.29. The molecule has 0 aliphatic rings. The average Bonchev–Trinajstić information content (AvgIpc) is 2.73. The van der Waals surface area contributed by atoms with Gasteiger partial charge in [0.1, 0.15) is 11.4 Å². The van der Waals surface area contributed by atoms with Gasteiger partial charge in [0.05, 0.1) is 24.3 Å². The number of furan rings is 1. The molecule has 0 aliphatic carbocycles. The van der Waals surface area contributed by atoms with Crippen LogP contribution in [0.25, 0.3) is 11.0 Å². The molecular weight excluding hydrogens is 204 g/mol. The quantitative estimate of drug-likeness (QED) is 0.829. The Labute approximate surface area is 94.3 Å². The Bertz CT molecular complexity index is 465. The smallest absolute Gasteiger partial charge is 0.139 e. The van der Waals surface area contributed by atoms with E-state index < -0.39 is 0 Å². The van der Waals surface area contributed by atoms with Crippen LogP contribution in [0.15, 0.2) is 29.0 Å². The van der Waals surface area contributed by atoms with E-state index in [-0.39, 0.29) is 12.6 Å². The van der Waals surface area contributed by atoms with Gasteiger partial charge in [-0.25, -0.2) is 4.98 Å². The molecule has 0 saturated heterocycles. The number of aliphatic hydroxyl groups is 1. The van der Waals surface area contributed by atoms with Crippen molar-refractivity contribution in [3.05, 3.63) is 24.6 Å². The Balaban J connectivity index is 2.29. The third-order valence-corrected chi connectivity index (χ3v) is 2.70. The first kappa shape index (κ1) is 11.0. The molecule has 0 spiro atoms. The maximum absolute atomic E-state index is 9.27. The zero-order valence-corrected chi connectivity index (χ0v) is 9.47. The SMILES string of the molecule is CC(C)C(CO)Nc1nccc2occc12. The van der Waals surface area contributed by atoms with Gasteiger partial charge >= 0.3 is 0 Å². The van der Waals surface area contributed by atoms with Gasteiger partial charge in [-0.1, -0.05) is 13.8 Å². The minimum atomic E-state index is 0.00741. The molecule has 4 heteroatoms. The van der Waals surface area contributed by atoms with E-state index in [0.717, 1.165) is 16.8 Å².